The van der Waals surface area contributed by atoms with Gasteiger partial charge in [0.25, 0.3) is 5.91 Å². The lowest BCUT2D eigenvalue weighted by atomic mass is 9.94. The first-order valence-corrected chi connectivity index (χ1v) is 11.1. The van der Waals surface area contributed by atoms with E-state index in [1.165, 1.54) is 0 Å². The van der Waals surface area contributed by atoms with Gasteiger partial charge in [0.1, 0.15) is 6.10 Å². The number of hydrogen-bond donors (Lipinski definition) is 2. The van der Waals surface area contributed by atoms with Gasteiger partial charge in [-0.1, -0.05) is 30.1 Å². The van der Waals surface area contributed by atoms with Crippen molar-refractivity contribution in [1.82, 2.24) is 10.2 Å². The number of rotatable bonds is 5. The lowest BCUT2D eigenvalue weighted by molar-refractivity contribution is -0.150. The van der Waals surface area contributed by atoms with E-state index in [1.807, 2.05) is 6.92 Å². The van der Waals surface area contributed by atoms with Gasteiger partial charge in [-0.2, -0.15) is 0 Å². The first kappa shape index (κ1) is 23.3. The molecule has 2 N–H and O–H groups in total. The molecule has 0 radical (unpaired) electrons. The number of aliphatic hydroxyl groups is 1. The van der Waals surface area contributed by atoms with Crippen molar-refractivity contribution in [1.29, 1.82) is 0 Å². The lowest BCUT2D eigenvalue weighted by Gasteiger charge is -2.44. The molecule has 0 bridgehead atoms. The summed E-state index contributed by atoms with van der Waals surface area (Å²) in [6.45, 7) is 3.11. The van der Waals surface area contributed by atoms with Crippen LogP contribution in [-0.2, 0) is 14.3 Å². The summed E-state index contributed by atoms with van der Waals surface area (Å²) >= 11 is 12.1. The topological polar surface area (TPSA) is 88.1 Å². The van der Waals surface area contributed by atoms with E-state index in [0.29, 0.717) is 35.0 Å². The first-order chi connectivity index (χ1) is 14.4. The minimum atomic E-state index is -0.804. The number of carbonyl (C=O) groups excluding carboxylic acids is 2. The number of aliphatic hydroxyl groups excluding tert-OH is 1. The van der Waals surface area contributed by atoms with Crippen molar-refractivity contribution < 1.29 is 24.2 Å². The van der Waals surface area contributed by atoms with Crippen molar-refractivity contribution in [3.8, 4) is 0 Å². The third-order valence-electron chi connectivity index (χ3n) is 5.34. The molecule has 2 aliphatic heterocycles. The average molecular weight is 459 g/mol. The lowest BCUT2D eigenvalue weighted by Crippen LogP contribution is -2.57. The summed E-state index contributed by atoms with van der Waals surface area (Å²) in [4.78, 5) is 27.0. The van der Waals surface area contributed by atoms with Gasteiger partial charge in [0.15, 0.2) is 0 Å². The number of nitrogens with one attached hydrogen (secondary N) is 1. The molecule has 1 aromatic rings. The summed E-state index contributed by atoms with van der Waals surface area (Å²) < 4.78 is 11.8. The van der Waals surface area contributed by atoms with E-state index in [1.54, 1.807) is 23.1 Å². The van der Waals surface area contributed by atoms with E-state index < -0.39 is 6.10 Å². The zero-order valence-electron chi connectivity index (χ0n) is 17.0. The van der Waals surface area contributed by atoms with Gasteiger partial charge >= 0.3 is 0 Å². The highest BCUT2D eigenvalue weighted by molar-refractivity contribution is 6.35. The van der Waals surface area contributed by atoms with Crippen LogP contribution in [0, 0.1) is 0 Å². The van der Waals surface area contributed by atoms with Crippen LogP contribution in [0.2, 0.25) is 10.0 Å². The highest BCUT2D eigenvalue weighted by atomic mass is 35.5. The number of nitrogens with zero attached hydrogens (tertiary/aromatic N) is 1. The van der Waals surface area contributed by atoms with Gasteiger partial charge in [-0.15, -0.1) is 0 Å². The van der Waals surface area contributed by atoms with Crippen LogP contribution in [0.1, 0.15) is 43.0 Å². The second-order valence-corrected chi connectivity index (χ2v) is 8.68. The molecule has 2 fully saturated rings. The van der Waals surface area contributed by atoms with Crippen LogP contribution in [0.4, 0.5) is 0 Å². The van der Waals surface area contributed by atoms with Crippen LogP contribution in [0.25, 0.3) is 0 Å². The molecule has 4 atom stereocenters. The monoisotopic (exact) mass is 458 g/mol. The van der Waals surface area contributed by atoms with E-state index in [9.17, 15) is 14.7 Å². The van der Waals surface area contributed by atoms with Crippen molar-refractivity contribution >= 4 is 35.0 Å². The van der Waals surface area contributed by atoms with Gasteiger partial charge in [0.2, 0.25) is 5.91 Å². The number of amides is 2. The fraction of sp³-hybridized carbons (Fsp3) is 0.619. The van der Waals surface area contributed by atoms with E-state index in [4.69, 9.17) is 32.7 Å². The zero-order valence-corrected chi connectivity index (χ0v) is 18.5. The Kier molecular flexibility index (Phi) is 8.36. The summed E-state index contributed by atoms with van der Waals surface area (Å²) in [5.41, 5.74) is 0.362. The van der Waals surface area contributed by atoms with Gasteiger partial charge < -0.3 is 24.8 Å². The van der Waals surface area contributed by atoms with Crippen LogP contribution < -0.4 is 5.32 Å². The normalized spacial score (nSPS) is 27.0. The van der Waals surface area contributed by atoms with Gasteiger partial charge in [0.05, 0.1) is 37.9 Å². The third-order valence-corrected chi connectivity index (χ3v) is 5.77. The molecule has 0 spiro atoms. The Bertz CT molecular complexity index is 743. The second kappa shape index (κ2) is 10.8. The minimum absolute atomic E-state index is 0.0380. The predicted octanol–water partition coefficient (Wildman–Crippen LogP) is 2.66. The SMILES string of the molecule is CCCNC(=O)C[C@H]1CC[C@@H]2[C@H](COC[C@@H](O)CN2C(=O)c2cc(Cl)cc(Cl)c2)O1. The molecule has 30 heavy (non-hydrogen) atoms. The van der Waals surface area contributed by atoms with Gasteiger partial charge in [0, 0.05) is 28.7 Å². The molecule has 2 amide bonds. The molecule has 166 valence electrons. The molecular formula is C21H28Cl2N2O5. The number of fused-ring (bicyclic) bond motifs is 1. The summed E-state index contributed by atoms with van der Waals surface area (Å²) in [5.74, 6) is -0.304. The predicted molar refractivity (Wildman–Crippen MR) is 114 cm³/mol. The number of carbonyl (C=O) groups is 2. The molecule has 0 unspecified atom stereocenters. The third kappa shape index (κ3) is 6.08. The van der Waals surface area contributed by atoms with Crippen LogP contribution in [0.15, 0.2) is 18.2 Å². The van der Waals surface area contributed by atoms with Gasteiger partial charge in [-0.05, 0) is 37.5 Å². The number of ether oxygens (including phenoxy) is 2. The highest BCUT2D eigenvalue weighted by Crippen LogP contribution is 2.29. The maximum atomic E-state index is 13.3. The Balaban J connectivity index is 1.75. The summed E-state index contributed by atoms with van der Waals surface area (Å²) in [5, 5.41) is 13.9. The summed E-state index contributed by atoms with van der Waals surface area (Å²) in [6, 6.07) is 4.42. The van der Waals surface area contributed by atoms with Crippen molar-refractivity contribution in [2.75, 3.05) is 26.3 Å². The standard InChI is InChI=1S/C21H28Cl2N2O5/c1-2-5-24-20(27)9-17-3-4-18-19(30-17)12-29-11-16(26)10-25(18)21(28)13-6-14(22)8-15(23)7-13/h6-8,16-19,26H,2-5,9-12H2,1H3,(H,24,27)/t16-,17+,18+,19-/m0/s1. The number of halogens is 2. The molecule has 1 aromatic carbocycles. The molecule has 9 heteroatoms. The molecule has 2 aliphatic rings. The van der Waals surface area contributed by atoms with Crippen molar-refractivity contribution in [3.05, 3.63) is 33.8 Å². The molecule has 2 saturated heterocycles. The molecule has 0 saturated carbocycles. The fourth-order valence-corrected chi connectivity index (χ4v) is 4.49. The molecule has 0 aliphatic carbocycles. The maximum Gasteiger partial charge on any atom is 0.254 e. The minimum Gasteiger partial charge on any atom is -0.389 e. The Labute approximate surface area is 186 Å². The largest absolute Gasteiger partial charge is 0.389 e. The Hall–Kier alpha value is -1.38. The van der Waals surface area contributed by atoms with Gasteiger partial charge in [-0.25, -0.2) is 0 Å². The molecular weight excluding hydrogens is 431 g/mol. The molecule has 7 nitrogen and oxygen atoms in total. The Morgan fingerprint density at radius 3 is 2.63 bits per heavy atom. The maximum absolute atomic E-state index is 13.3. The zero-order chi connectivity index (χ0) is 21.7. The van der Waals surface area contributed by atoms with Gasteiger partial charge in [-0.3, -0.25) is 9.59 Å². The number of benzene rings is 1. The van der Waals surface area contributed by atoms with Crippen LogP contribution in [0.3, 0.4) is 0 Å². The molecule has 0 aromatic heterocycles. The second-order valence-electron chi connectivity index (χ2n) is 7.80. The van der Waals surface area contributed by atoms with Crippen LogP contribution in [-0.4, -0.2) is 72.5 Å². The van der Waals surface area contributed by atoms with Crippen LogP contribution in [0.5, 0.6) is 0 Å². The van der Waals surface area contributed by atoms with E-state index >= 15 is 0 Å². The summed E-state index contributed by atoms with van der Waals surface area (Å²) in [7, 11) is 0. The Morgan fingerprint density at radius 2 is 1.93 bits per heavy atom. The van der Waals surface area contributed by atoms with E-state index in [-0.39, 0.29) is 56.2 Å². The fourth-order valence-electron chi connectivity index (χ4n) is 3.96. The molecule has 3 rings (SSSR count). The average Bonchev–Trinajstić information content (AvgIpc) is 2.68. The smallest absolute Gasteiger partial charge is 0.254 e. The molecule has 2 heterocycles. The van der Waals surface area contributed by atoms with Crippen molar-refractivity contribution in [3.63, 3.8) is 0 Å². The van der Waals surface area contributed by atoms with E-state index in [2.05, 4.69) is 5.32 Å². The number of β-amino-alcohol motifs (C(OH)–C–C–N with tert-alkyl or cyclic N) is 1. The quantitative estimate of drug-likeness (QED) is 0.707. The number of hydrogen-bond acceptors (Lipinski definition) is 5. The Morgan fingerprint density at radius 1 is 1.20 bits per heavy atom. The van der Waals surface area contributed by atoms with Crippen molar-refractivity contribution in [2.24, 2.45) is 0 Å². The van der Waals surface area contributed by atoms with E-state index in [0.717, 1.165) is 6.42 Å². The highest BCUT2D eigenvalue weighted by Gasteiger charge is 2.40. The first-order valence-electron chi connectivity index (χ1n) is 10.3. The summed E-state index contributed by atoms with van der Waals surface area (Å²) in [6.07, 6.45) is 1.03. The van der Waals surface area contributed by atoms with Crippen LogP contribution >= 0.6 is 23.2 Å². The van der Waals surface area contributed by atoms with Crippen molar-refractivity contribution in [2.45, 2.75) is 57.0 Å².